The molecule has 0 saturated carbocycles. The zero-order valence-electron chi connectivity index (χ0n) is 22.7. The van der Waals surface area contributed by atoms with Crippen molar-refractivity contribution in [3.63, 3.8) is 0 Å². The topological polar surface area (TPSA) is 79.3 Å². The van der Waals surface area contributed by atoms with E-state index in [0.29, 0.717) is 25.3 Å². The van der Waals surface area contributed by atoms with E-state index in [-0.39, 0.29) is 22.9 Å². The van der Waals surface area contributed by atoms with Crippen molar-refractivity contribution in [1.29, 1.82) is 0 Å². The summed E-state index contributed by atoms with van der Waals surface area (Å²) in [6.07, 6.45) is 1.64. The Morgan fingerprint density at radius 2 is 1.84 bits per heavy atom. The number of ether oxygens (including phenoxy) is 2. The Hall–Kier alpha value is -3.32. The number of aliphatic hydroxyl groups is 1. The molecule has 0 spiro atoms. The molecule has 2 unspecified atom stereocenters. The molecule has 2 aliphatic heterocycles. The lowest BCUT2D eigenvalue weighted by Gasteiger charge is -2.28. The van der Waals surface area contributed by atoms with Crippen LogP contribution in [-0.2, 0) is 19.7 Å². The van der Waals surface area contributed by atoms with Crippen LogP contribution in [0.3, 0.4) is 0 Å². The summed E-state index contributed by atoms with van der Waals surface area (Å²) in [5.41, 5.74) is 3.02. The molecule has 2 heterocycles. The summed E-state index contributed by atoms with van der Waals surface area (Å²) in [6, 6.07) is 12.5. The lowest BCUT2D eigenvalue weighted by Crippen LogP contribution is -2.36. The Morgan fingerprint density at radius 1 is 1.14 bits per heavy atom. The highest BCUT2D eigenvalue weighted by Crippen LogP contribution is 2.42. The van der Waals surface area contributed by atoms with Gasteiger partial charge in [0.15, 0.2) is 0 Å². The Bertz CT molecular complexity index is 1190. The van der Waals surface area contributed by atoms with Gasteiger partial charge in [-0.15, -0.1) is 0 Å². The molecule has 198 valence electrons. The first kappa shape index (κ1) is 26.7. The Labute approximate surface area is 219 Å². The van der Waals surface area contributed by atoms with Gasteiger partial charge in [-0.25, -0.2) is 0 Å². The lowest BCUT2D eigenvalue weighted by atomic mass is 9.84. The molecule has 2 fully saturated rings. The third kappa shape index (κ3) is 5.37. The molecule has 7 nitrogen and oxygen atoms in total. The van der Waals surface area contributed by atoms with Gasteiger partial charge in [0.2, 0.25) is 0 Å². The minimum absolute atomic E-state index is 0.101. The molecular formula is C30H38N2O5. The third-order valence-corrected chi connectivity index (χ3v) is 7.05. The Balaban J connectivity index is 1.85. The average Bonchev–Trinajstić information content (AvgIpc) is 3.46. The number of carbonyl (C=O) groups is 2. The summed E-state index contributed by atoms with van der Waals surface area (Å²) in [7, 11) is 3.91. The fourth-order valence-electron chi connectivity index (χ4n) is 5.08. The maximum atomic E-state index is 13.4. The molecule has 4 rings (SSSR count). The third-order valence-electron chi connectivity index (χ3n) is 7.05. The molecule has 0 aliphatic carbocycles. The van der Waals surface area contributed by atoms with E-state index >= 15 is 0 Å². The molecule has 2 aliphatic rings. The van der Waals surface area contributed by atoms with Crippen molar-refractivity contribution in [3.8, 4) is 5.75 Å². The summed E-state index contributed by atoms with van der Waals surface area (Å²) in [4.78, 5) is 30.3. The monoisotopic (exact) mass is 506 g/mol. The van der Waals surface area contributed by atoms with Crippen LogP contribution in [0.4, 0.5) is 5.69 Å². The highest BCUT2D eigenvalue weighted by molar-refractivity contribution is 6.46. The first-order valence-corrected chi connectivity index (χ1v) is 13.0. The van der Waals surface area contributed by atoms with Crippen LogP contribution in [0.2, 0.25) is 0 Å². The number of likely N-dealkylation sites (tertiary alicyclic amines) is 1. The van der Waals surface area contributed by atoms with Gasteiger partial charge in [-0.2, -0.15) is 0 Å². The second-order valence-corrected chi connectivity index (χ2v) is 11.0. The fourth-order valence-corrected chi connectivity index (χ4v) is 5.08. The second-order valence-electron chi connectivity index (χ2n) is 11.0. The van der Waals surface area contributed by atoms with E-state index in [1.54, 1.807) is 11.0 Å². The number of amides is 1. The van der Waals surface area contributed by atoms with Crippen LogP contribution in [0.15, 0.2) is 48.0 Å². The minimum Gasteiger partial charge on any atom is -0.507 e. The summed E-state index contributed by atoms with van der Waals surface area (Å²) in [5, 5.41) is 11.6. The van der Waals surface area contributed by atoms with Crippen molar-refractivity contribution in [1.82, 2.24) is 4.90 Å². The standard InChI is InChI=1S/C30H38N2O5/c1-7-36-24-15-12-20(17-23(24)30(2,3)4)27(33)25-26(19-10-13-21(14-11-19)31(5)6)32(29(35)28(25)34)18-22-9-8-16-37-22/h10-15,17,22,26,33H,7-9,16,18H2,1-6H3/b27-25-. The largest absolute Gasteiger partial charge is 0.507 e. The molecule has 2 atom stereocenters. The summed E-state index contributed by atoms with van der Waals surface area (Å²) >= 11 is 0. The van der Waals surface area contributed by atoms with Gasteiger partial charge in [0.1, 0.15) is 11.5 Å². The molecule has 0 radical (unpaired) electrons. The van der Waals surface area contributed by atoms with Crippen molar-refractivity contribution in [3.05, 3.63) is 64.7 Å². The minimum atomic E-state index is -0.704. The van der Waals surface area contributed by atoms with Gasteiger partial charge in [-0.3, -0.25) is 9.59 Å². The Morgan fingerprint density at radius 3 is 2.41 bits per heavy atom. The first-order chi connectivity index (χ1) is 17.5. The number of ketones is 1. The number of nitrogens with zero attached hydrogens (tertiary/aromatic N) is 2. The zero-order valence-corrected chi connectivity index (χ0v) is 22.7. The number of benzene rings is 2. The number of carbonyl (C=O) groups excluding carboxylic acids is 2. The van der Waals surface area contributed by atoms with Gasteiger partial charge in [0, 0.05) is 44.1 Å². The van der Waals surface area contributed by atoms with E-state index in [9.17, 15) is 14.7 Å². The van der Waals surface area contributed by atoms with Gasteiger partial charge in [-0.1, -0.05) is 32.9 Å². The van der Waals surface area contributed by atoms with Gasteiger partial charge < -0.3 is 24.4 Å². The van der Waals surface area contributed by atoms with E-state index in [1.165, 1.54) is 0 Å². The van der Waals surface area contributed by atoms with Gasteiger partial charge in [-0.05, 0) is 61.1 Å². The van der Waals surface area contributed by atoms with Crippen LogP contribution >= 0.6 is 0 Å². The summed E-state index contributed by atoms with van der Waals surface area (Å²) in [6.45, 7) is 9.62. The smallest absolute Gasteiger partial charge is 0.295 e. The number of rotatable bonds is 7. The number of Topliss-reactive ketones (excluding diaryl/α,β-unsaturated/α-hetero) is 1. The molecule has 2 saturated heterocycles. The normalized spacial score (nSPS) is 21.5. The summed E-state index contributed by atoms with van der Waals surface area (Å²) < 4.78 is 11.6. The van der Waals surface area contributed by atoms with E-state index in [4.69, 9.17) is 9.47 Å². The molecule has 2 aromatic rings. The SMILES string of the molecule is CCOc1ccc(/C(O)=C2/C(=O)C(=O)N(CC3CCCO3)C2c2ccc(N(C)C)cc2)cc1C(C)(C)C. The molecule has 0 bridgehead atoms. The molecule has 37 heavy (non-hydrogen) atoms. The maximum Gasteiger partial charge on any atom is 0.295 e. The quantitative estimate of drug-likeness (QED) is 0.322. The molecular weight excluding hydrogens is 468 g/mol. The van der Waals surface area contributed by atoms with E-state index in [0.717, 1.165) is 35.4 Å². The van der Waals surface area contributed by atoms with E-state index in [1.807, 2.05) is 62.3 Å². The highest BCUT2D eigenvalue weighted by Gasteiger charge is 2.47. The van der Waals surface area contributed by atoms with E-state index in [2.05, 4.69) is 20.8 Å². The molecule has 7 heteroatoms. The molecule has 1 amide bonds. The Kier molecular flexibility index (Phi) is 7.64. The predicted octanol–water partition coefficient (Wildman–Crippen LogP) is 5.05. The van der Waals surface area contributed by atoms with Crippen LogP contribution in [0.5, 0.6) is 5.75 Å². The number of aliphatic hydroxyl groups excluding tert-OH is 1. The van der Waals surface area contributed by atoms with Crippen molar-refractivity contribution in [2.45, 2.75) is 58.1 Å². The first-order valence-electron chi connectivity index (χ1n) is 13.0. The predicted molar refractivity (Wildman–Crippen MR) is 145 cm³/mol. The zero-order chi connectivity index (χ0) is 26.9. The molecule has 1 N–H and O–H groups in total. The fraction of sp³-hybridized carbons (Fsp3) is 0.467. The van der Waals surface area contributed by atoms with Crippen LogP contribution < -0.4 is 9.64 Å². The van der Waals surface area contributed by atoms with Gasteiger partial charge in [0.05, 0.1) is 24.3 Å². The van der Waals surface area contributed by atoms with Gasteiger partial charge in [0.25, 0.3) is 11.7 Å². The number of anilines is 1. The van der Waals surface area contributed by atoms with E-state index < -0.39 is 17.7 Å². The highest BCUT2D eigenvalue weighted by atomic mass is 16.5. The average molecular weight is 507 g/mol. The van der Waals surface area contributed by atoms with Crippen molar-refractivity contribution < 1.29 is 24.2 Å². The lowest BCUT2D eigenvalue weighted by molar-refractivity contribution is -0.140. The van der Waals surface area contributed by atoms with Crippen molar-refractivity contribution in [2.75, 3.05) is 38.8 Å². The van der Waals surface area contributed by atoms with Crippen LogP contribution in [0, 0.1) is 0 Å². The van der Waals surface area contributed by atoms with Crippen LogP contribution in [0.25, 0.3) is 5.76 Å². The second kappa shape index (κ2) is 10.6. The van der Waals surface area contributed by atoms with Crippen molar-refractivity contribution >= 4 is 23.1 Å². The van der Waals surface area contributed by atoms with Crippen molar-refractivity contribution in [2.24, 2.45) is 0 Å². The number of hydrogen-bond acceptors (Lipinski definition) is 6. The van der Waals surface area contributed by atoms with Crippen LogP contribution in [0.1, 0.15) is 63.3 Å². The maximum absolute atomic E-state index is 13.4. The number of hydrogen-bond donors (Lipinski definition) is 1. The van der Waals surface area contributed by atoms with Crippen LogP contribution in [-0.4, -0.2) is 61.7 Å². The van der Waals surface area contributed by atoms with Gasteiger partial charge >= 0.3 is 0 Å². The molecule has 2 aromatic carbocycles. The molecule has 0 aromatic heterocycles. The summed E-state index contributed by atoms with van der Waals surface area (Å²) in [5.74, 6) is -0.728.